The maximum Gasteiger partial charge on any atom is 0.293 e. The van der Waals surface area contributed by atoms with Crippen LogP contribution in [0.25, 0.3) is 0 Å². The molecule has 0 unspecified atom stereocenters. The maximum absolute atomic E-state index is 12.1. The predicted octanol–water partition coefficient (Wildman–Crippen LogP) is 1.12. The van der Waals surface area contributed by atoms with Crippen LogP contribution in [0.2, 0.25) is 0 Å². The van der Waals surface area contributed by atoms with Crippen molar-refractivity contribution in [2.75, 3.05) is 11.9 Å². The summed E-state index contributed by atoms with van der Waals surface area (Å²) < 4.78 is 1.68. The Kier molecular flexibility index (Phi) is 3.19. The van der Waals surface area contributed by atoms with Gasteiger partial charge < -0.3 is 15.6 Å². The van der Waals surface area contributed by atoms with Gasteiger partial charge in [-0.3, -0.25) is 4.79 Å². The largest absolute Gasteiger partial charge is 0.359 e. The zero-order chi connectivity index (χ0) is 12.5. The van der Waals surface area contributed by atoms with Crippen molar-refractivity contribution in [1.82, 2.24) is 9.55 Å². The van der Waals surface area contributed by atoms with Crippen LogP contribution in [0, 0.1) is 0 Å². The van der Waals surface area contributed by atoms with Crippen molar-refractivity contribution < 1.29 is 0 Å². The number of anilines is 1. The van der Waals surface area contributed by atoms with Crippen LogP contribution >= 0.6 is 0 Å². The minimum atomic E-state index is -0.109. The first-order chi connectivity index (χ1) is 8.08. The van der Waals surface area contributed by atoms with Gasteiger partial charge in [0.2, 0.25) is 0 Å². The minimum absolute atomic E-state index is 0.0674. The monoisotopic (exact) mass is 236 g/mol. The number of nitrogens with two attached hydrogens (primary N) is 1. The average Bonchev–Trinajstić information content (AvgIpc) is 2.25. The van der Waals surface area contributed by atoms with Crippen molar-refractivity contribution in [2.45, 2.75) is 44.7 Å². The zero-order valence-electron chi connectivity index (χ0n) is 10.4. The van der Waals surface area contributed by atoms with Gasteiger partial charge >= 0.3 is 0 Å². The third-order valence-electron chi connectivity index (χ3n) is 3.51. The van der Waals surface area contributed by atoms with E-state index in [1.54, 1.807) is 17.0 Å². The molecular formula is C12H20N4O. The number of hydrogen-bond acceptors (Lipinski definition) is 4. The van der Waals surface area contributed by atoms with Gasteiger partial charge in [0.25, 0.3) is 5.56 Å². The van der Waals surface area contributed by atoms with Gasteiger partial charge in [0.05, 0.1) is 5.54 Å². The van der Waals surface area contributed by atoms with Crippen LogP contribution in [0.15, 0.2) is 17.2 Å². The molecule has 0 atom stereocenters. The Morgan fingerprint density at radius 2 is 2.29 bits per heavy atom. The van der Waals surface area contributed by atoms with Gasteiger partial charge in [-0.25, -0.2) is 4.98 Å². The van der Waals surface area contributed by atoms with Crippen LogP contribution in [0.1, 0.15) is 39.2 Å². The highest BCUT2D eigenvalue weighted by Gasteiger charge is 2.36. The zero-order valence-corrected chi connectivity index (χ0v) is 10.4. The average molecular weight is 236 g/mol. The first-order valence-electron chi connectivity index (χ1n) is 6.13. The lowest BCUT2D eigenvalue weighted by atomic mass is 9.77. The van der Waals surface area contributed by atoms with Crippen molar-refractivity contribution in [2.24, 2.45) is 5.73 Å². The van der Waals surface area contributed by atoms with E-state index < -0.39 is 0 Å². The van der Waals surface area contributed by atoms with Crippen molar-refractivity contribution in [1.29, 1.82) is 0 Å². The minimum Gasteiger partial charge on any atom is -0.359 e. The topological polar surface area (TPSA) is 72.9 Å². The highest BCUT2D eigenvalue weighted by Crippen LogP contribution is 2.33. The smallest absolute Gasteiger partial charge is 0.293 e. The summed E-state index contributed by atoms with van der Waals surface area (Å²) in [6, 6.07) is 0.140. The highest BCUT2D eigenvalue weighted by atomic mass is 16.1. The molecule has 1 aliphatic rings. The van der Waals surface area contributed by atoms with Crippen LogP contribution in [0.5, 0.6) is 0 Å². The summed E-state index contributed by atoms with van der Waals surface area (Å²) in [5, 5.41) is 3.24. The molecule has 0 aromatic carbocycles. The quantitative estimate of drug-likeness (QED) is 0.821. The van der Waals surface area contributed by atoms with Crippen molar-refractivity contribution >= 4 is 5.82 Å². The van der Waals surface area contributed by atoms with E-state index in [0.717, 1.165) is 19.3 Å². The molecule has 0 bridgehead atoms. The summed E-state index contributed by atoms with van der Waals surface area (Å²) in [7, 11) is 0. The maximum atomic E-state index is 12.1. The second kappa shape index (κ2) is 4.49. The standard InChI is InChI=1S/C12H20N4O/c1-9(2)16-7-6-14-10(11(16)17)15-12(8-13)4-3-5-12/h6-7,9H,3-5,8,13H2,1-2H3,(H,14,15). The van der Waals surface area contributed by atoms with Gasteiger partial charge in [0.15, 0.2) is 5.82 Å². The van der Waals surface area contributed by atoms with E-state index >= 15 is 0 Å². The summed E-state index contributed by atoms with van der Waals surface area (Å²) in [6.45, 7) is 4.51. The molecule has 0 saturated heterocycles. The van der Waals surface area contributed by atoms with E-state index in [-0.39, 0.29) is 17.1 Å². The molecule has 0 aliphatic heterocycles. The Labute approximate surface area is 101 Å². The Hall–Kier alpha value is -1.36. The van der Waals surface area contributed by atoms with Gasteiger partial charge in [-0.1, -0.05) is 0 Å². The Bertz CT molecular complexity index is 443. The van der Waals surface area contributed by atoms with Crippen LogP contribution < -0.4 is 16.6 Å². The summed E-state index contributed by atoms with van der Waals surface area (Å²) >= 11 is 0. The van der Waals surface area contributed by atoms with E-state index in [1.807, 2.05) is 13.8 Å². The van der Waals surface area contributed by atoms with Gasteiger partial charge in [-0.05, 0) is 33.1 Å². The summed E-state index contributed by atoms with van der Waals surface area (Å²) in [5.41, 5.74) is 5.59. The number of aromatic nitrogens is 2. The Morgan fingerprint density at radius 1 is 1.59 bits per heavy atom. The van der Waals surface area contributed by atoms with Crippen LogP contribution in [-0.4, -0.2) is 21.6 Å². The second-order valence-electron chi connectivity index (χ2n) is 5.05. The fraction of sp³-hybridized carbons (Fsp3) is 0.667. The molecule has 94 valence electrons. The summed E-state index contributed by atoms with van der Waals surface area (Å²) in [6.07, 6.45) is 6.57. The lowest BCUT2D eigenvalue weighted by Crippen LogP contribution is -2.52. The van der Waals surface area contributed by atoms with Gasteiger partial charge in [0.1, 0.15) is 0 Å². The van der Waals surface area contributed by atoms with E-state index in [2.05, 4.69) is 10.3 Å². The molecule has 0 radical (unpaired) electrons. The summed E-state index contributed by atoms with van der Waals surface area (Å²) in [5.74, 6) is 0.423. The van der Waals surface area contributed by atoms with E-state index in [1.165, 1.54) is 0 Å². The van der Waals surface area contributed by atoms with E-state index in [0.29, 0.717) is 12.4 Å². The first kappa shape index (κ1) is 12.1. The van der Waals surface area contributed by atoms with Gasteiger partial charge in [-0.15, -0.1) is 0 Å². The lowest BCUT2D eigenvalue weighted by molar-refractivity contribution is 0.286. The third-order valence-corrected chi connectivity index (χ3v) is 3.51. The molecule has 1 saturated carbocycles. The molecule has 1 aromatic rings. The normalized spacial score (nSPS) is 17.9. The molecule has 1 aliphatic carbocycles. The van der Waals surface area contributed by atoms with E-state index in [4.69, 9.17) is 5.73 Å². The molecule has 1 fully saturated rings. The van der Waals surface area contributed by atoms with Gasteiger partial charge in [0, 0.05) is 25.0 Å². The molecule has 17 heavy (non-hydrogen) atoms. The Balaban J connectivity index is 2.27. The van der Waals surface area contributed by atoms with Crippen LogP contribution in [-0.2, 0) is 0 Å². The molecule has 0 spiro atoms. The molecule has 1 heterocycles. The second-order valence-corrected chi connectivity index (χ2v) is 5.05. The fourth-order valence-electron chi connectivity index (χ4n) is 2.15. The molecule has 0 amide bonds. The molecule has 1 aromatic heterocycles. The Morgan fingerprint density at radius 3 is 2.76 bits per heavy atom. The molecule has 3 N–H and O–H groups in total. The molecule has 5 nitrogen and oxygen atoms in total. The molecular weight excluding hydrogens is 216 g/mol. The summed E-state index contributed by atoms with van der Waals surface area (Å²) in [4.78, 5) is 16.3. The fourth-order valence-corrected chi connectivity index (χ4v) is 2.15. The van der Waals surface area contributed by atoms with Crippen molar-refractivity contribution in [3.05, 3.63) is 22.7 Å². The van der Waals surface area contributed by atoms with Crippen molar-refractivity contribution in [3.63, 3.8) is 0 Å². The molecule has 5 heteroatoms. The molecule has 2 rings (SSSR count). The van der Waals surface area contributed by atoms with Crippen molar-refractivity contribution in [3.8, 4) is 0 Å². The lowest BCUT2D eigenvalue weighted by Gasteiger charge is -2.41. The number of rotatable bonds is 4. The number of nitrogens with zero attached hydrogens (tertiary/aromatic N) is 2. The number of hydrogen-bond donors (Lipinski definition) is 2. The first-order valence-corrected chi connectivity index (χ1v) is 6.13. The highest BCUT2D eigenvalue weighted by molar-refractivity contribution is 5.36. The third kappa shape index (κ3) is 2.20. The van der Waals surface area contributed by atoms with Crippen LogP contribution in [0.4, 0.5) is 5.82 Å². The van der Waals surface area contributed by atoms with Gasteiger partial charge in [-0.2, -0.15) is 0 Å². The van der Waals surface area contributed by atoms with Crippen LogP contribution in [0.3, 0.4) is 0 Å². The number of nitrogens with one attached hydrogen (secondary N) is 1. The SMILES string of the molecule is CC(C)n1ccnc(NC2(CN)CCC2)c1=O. The van der Waals surface area contributed by atoms with E-state index in [9.17, 15) is 4.79 Å². The predicted molar refractivity (Wildman–Crippen MR) is 68.1 cm³/mol.